The molecule has 0 spiro atoms. The molecule has 2 heterocycles. The van der Waals surface area contributed by atoms with E-state index in [1.165, 1.54) is 0 Å². The lowest BCUT2D eigenvalue weighted by molar-refractivity contribution is 0.0931. The molecule has 1 aromatic heterocycles. The second kappa shape index (κ2) is 3.50. The van der Waals surface area contributed by atoms with Crippen LogP contribution in [0.5, 0.6) is 0 Å². The number of hydrogen-bond donors (Lipinski definition) is 2. The topological polar surface area (TPSA) is 67.2 Å². The SMILES string of the molecule is CCC1NC(=O)c2c(noc2C(C)(C)C)N1. The molecule has 1 atom stereocenters. The molecule has 5 heteroatoms. The van der Waals surface area contributed by atoms with Crippen molar-refractivity contribution in [1.29, 1.82) is 0 Å². The molecule has 2 N–H and O–H groups in total. The van der Waals surface area contributed by atoms with Crippen LogP contribution in [0.2, 0.25) is 0 Å². The summed E-state index contributed by atoms with van der Waals surface area (Å²) >= 11 is 0. The van der Waals surface area contributed by atoms with Crippen molar-refractivity contribution in [2.24, 2.45) is 0 Å². The Balaban J connectivity index is 2.44. The van der Waals surface area contributed by atoms with Crippen LogP contribution in [0.3, 0.4) is 0 Å². The summed E-state index contributed by atoms with van der Waals surface area (Å²) in [7, 11) is 0. The van der Waals surface area contributed by atoms with Crippen LogP contribution in [0.1, 0.15) is 50.2 Å². The largest absolute Gasteiger partial charge is 0.358 e. The van der Waals surface area contributed by atoms with Gasteiger partial charge in [0, 0.05) is 5.41 Å². The van der Waals surface area contributed by atoms with Crippen LogP contribution in [0.4, 0.5) is 5.82 Å². The number of nitrogens with zero attached hydrogens (tertiary/aromatic N) is 1. The molecule has 1 aliphatic rings. The summed E-state index contributed by atoms with van der Waals surface area (Å²) in [5.74, 6) is 1.08. The van der Waals surface area contributed by atoms with E-state index in [4.69, 9.17) is 4.52 Å². The van der Waals surface area contributed by atoms with Crippen LogP contribution in [0.25, 0.3) is 0 Å². The molecule has 0 saturated carbocycles. The lowest BCUT2D eigenvalue weighted by atomic mass is 9.89. The van der Waals surface area contributed by atoms with Crippen LogP contribution < -0.4 is 10.6 Å². The number of rotatable bonds is 1. The highest BCUT2D eigenvalue weighted by Crippen LogP contribution is 2.32. The zero-order chi connectivity index (χ0) is 11.9. The number of carbonyl (C=O) groups is 1. The summed E-state index contributed by atoms with van der Waals surface area (Å²) < 4.78 is 5.27. The molecule has 5 nitrogen and oxygen atoms in total. The van der Waals surface area contributed by atoms with Crippen LogP contribution in [-0.2, 0) is 5.41 Å². The molecule has 0 radical (unpaired) electrons. The first-order valence-corrected chi connectivity index (χ1v) is 5.51. The minimum atomic E-state index is -0.224. The van der Waals surface area contributed by atoms with Gasteiger partial charge in [0.1, 0.15) is 11.7 Å². The number of carbonyl (C=O) groups excluding carboxylic acids is 1. The van der Waals surface area contributed by atoms with Crippen molar-refractivity contribution in [3.8, 4) is 0 Å². The summed E-state index contributed by atoms with van der Waals surface area (Å²) in [6, 6.07) is 0. The van der Waals surface area contributed by atoms with E-state index in [9.17, 15) is 4.79 Å². The summed E-state index contributed by atoms with van der Waals surface area (Å²) in [6.45, 7) is 7.97. The van der Waals surface area contributed by atoms with E-state index in [1.54, 1.807) is 0 Å². The van der Waals surface area contributed by atoms with Crippen molar-refractivity contribution < 1.29 is 9.32 Å². The summed E-state index contributed by atoms with van der Waals surface area (Å²) in [5, 5.41) is 9.93. The van der Waals surface area contributed by atoms with Gasteiger partial charge >= 0.3 is 0 Å². The number of anilines is 1. The second-order valence-corrected chi connectivity index (χ2v) is 5.06. The Morgan fingerprint density at radius 3 is 2.62 bits per heavy atom. The predicted octanol–water partition coefficient (Wildman–Crippen LogP) is 1.86. The number of nitrogens with one attached hydrogen (secondary N) is 2. The second-order valence-electron chi connectivity index (χ2n) is 5.06. The normalized spacial score (nSPS) is 20.0. The molecular formula is C11H17N3O2. The standard InChI is InChI=1S/C11H17N3O2/c1-5-6-12-9-7(10(15)13-6)8(16-14-9)11(2,3)4/h6H,5H2,1-4H3,(H,12,14)(H,13,15). The van der Waals surface area contributed by atoms with Crippen molar-refractivity contribution >= 4 is 11.7 Å². The average Bonchev–Trinajstić information content (AvgIpc) is 2.60. The number of amides is 1. The smallest absolute Gasteiger partial charge is 0.260 e. The maximum Gasteiger partial charge on any atom is 0.260 e. The first-order valence-electron chi connectivity index (χ1n) is 5.51. The fourth-order valence-electron chi connectivity index (χ4n) is 1.75. The van der Waals surface area contributed by atoms with Crippen molar-refractivity contribution in [3.63, 3.8) is 0 Å². The van der Waals surface area contributed by atoms with Crippen LogP contribution in [-0.4, -0.2) is 17.2 Å². The van der Waals surface area contributed by atoms with Gasteiger partial charge in [-0.05, 0) is 6.42 Å². The van der Waals surface area contributed by atoms with Gasteiger partial charge < -0.3 is 15.2 Å². The van der Waals surface area contributed by atoms with Crippen LogP contribution in [0.15, 0.2) is 4.52 Å². The van der Waals surface area contributed by atoms with E-state index in [1.807, 2.05) is 27.7 Å². The molecule has 1 amide bonds. The van der Waals surface area contributed by atoms with E-state index in [0.29, 0.717) is 17.1 Å². The number of fused-ring (bicyclic) bond motifs is 1. The summed E-state index contributed by atoms with van der Waals surface area (Å²) in [5.41, 5.74) is 0.316. The van der Waals surface area contributed by atoms with E-state index >= 15 is 0 Å². The van der Waals surface area contributed by atoms with E-state index < -0.39 is 0 Å². The van der Waals surface area contributed by atoms with Crippen molar-refractivity contribution in [1.82, 2.24) is 10.5 Å². The van der Waals surface area contributed by atoms with Gasteiger partial charge in [-0.25, -0.2) is 0 Å². The molecule has 1 unspecified atom stereocenters. The number of aromatic nitrogens is 1. The van der Waals surface area contributed by atoms with Crippen LogP contribution >= 0.6 is 0 Å². The zero-order valence-electron chi connectivity index (χ0n) is 10.0. The van der Waals surface area contributed by atoms with Gasteiger partial charge in [0.15, 0.2) is 11.6 Å². The van der Waals surface area contributed by atoms with Crippen molar-refractivity contribution in [2.75, 3.05) is 5.32 Å². The fraction of sp³-hybridized carbons (Fsp3) is 0.636. The van der Waals surface area contributed by atoms with Gasteiger partial charge in [-0.15, -0.1) is 0 Å². The first-order chi connectivity index (χ1) is 7.43. The summed E-state index contributed by atoms with van der Waals surface area (Å²) in [6.07, 6.45) is 0.751. The van der Waals surface area contributed by atoms with Gasteiger partial charge in [-0.3, -0.25) is 4.79 Å². The number of hydrogen-bond acceptors (Lipinski definition) is 4. The maximum absolute atomic E-state index is 11.9. The molecule has 1 aromatic rings. The summed E-state index contributed by atoms with van der Waals surface area (Å²) in [4.78, 5) is 11.9. The van der Waals surface area contributed by atoms with Gasteiger partial charge in [-0.1, -0.05) is 32.9 Å². The maximum atomic E-state index is 11.9. The quantitative estimate of drug-likeness (QED) is 0.762. The highest BCUT2D eigenvalue weighted by atomic mass is 16.5. The Labute approximate surface area is 94.6 Å². The van der Waals surface area contributed by atoms with Gasteiger partial charge in [0.25, 0.3) is 5.91 Å². The van der Waals surface area contributed by atoms with Gasteiger partial charge in [0.2, 0.25) is 0 Å². The van der Waals surface area contributed by atoms with Crippen molar-refractivity contribution in [3.05, 3.63) is 11.3 Å². The molecule has 0 saturated heterocycles. The molecule has 0 aliphatic carbocycles. The van der Waals surface area contributed by atoms with E-state index in [-0.39, 0.29) is 17.5 Å². The fourth-order valence-corrected chi connectivity index (χ4v) is 1.75. The lowest BCUT2D eigenvalue weighted by Gasteiger charge is -2.24. The van der Waals surface area contributed by atoms with E-state index in [0.717, 1.165) is 6.42 Å². The monoisotopic (exact) mass is 223 g/mol. The van der Waals surface area contributed by atoms with Crippen LogP contribution in [0, 0.1) is 0 Å². The zero-order valence-corrected chi connectivity index (χ0v) is 10.0. The van der Waals surface area contributed by atoms with Gasteiger partial charge in [0.05, 0.1) is 0 Å². The minimum absolute atomic E-state index is 0.0575. The Morgan fingerprint density at radius 1 is 1.38 bits per heavy atom. The third kappa shape index (κ3) is 1.66. The van der Waals surface area contributed by atoms with E-state index in [2.05, 4.69) is 15.8 Å². The van der Waals surface area contributed by atoms with Gasteiger partial charge in [-0.2, -0.15) is 0 Å². The van der Waals surface area contributed by atoms with Crippen molar-refractivity contribution in [2.45, 2.75) is 45.7 Å². The molecular weight excluding hydrogens is 206 g/mol. The molecule has 0 aromatic carbocycles. The Kier molecular flexibility index (Phi) is 2.40. The highest BCUT2D eigenvalue weighted by molar-refractivity contribution is 6.01. The predicted molar refractivity (Wildman–Crippen MR) is 60.4 cm³/mol. The molecule has 0 bridgehead atoms. The Hall–Kier alpha value is -1.52. The Morgan fingerprint density at radius 2 is 2.06 bits per heavy atom. The molecule has 1 aliphatic heterocycles. The molecule has 0 fully saturated rings. The lowest BCUT2D eigenvalue weighted by Crippen LogP contribution is -2.45. The third-order valence-corrected chi connectivity index (χ3v) is 2.62. The third-order valence-electron chi connectivity index (χ3n) is 2.62. The highest BCUT2D eigenvalue weighted by Gasteiger charge is 2.34. The molecule has 88 valence electrons. The first kappa shape index (κ1) is 11.0. The minimum Gasteiger partial charge on any atom is -0.358 e. The molecule has 2 rings (SSSR count). The Bertz CT molecular complexity index is 417. The molecule has 16 heavy (non-hydrogen) atoms. The average molecular weight is 223 g/mol.